The Balaban J connectivity index is 1.83. The summed E-state index contributed by atoms with van der Waals surface area (Å²) in [6, 6.07) is 0. The number of halogens is 1. The van der Waals surface area contributed by atoms with Crippen LogP contribution in [0.25, 0.3) is 0 Å². The van der Waals surface area contributed by atoms with Crippen molar-refractivity contribution in [3.63, 3.8) is 0 Å². The van der Waals surface area contributed by atoms with Crippen molar-refractivity contribution in [1.29, 1.82) is 0 Å². The normalized spacial score (nSPS) is 36.5. The van der Waals surface area contributed by atoms with Crippen molar-refractivity contribution in [2.24, 2.45) is 11.8 Å². The molecule has 0 nitrogen and oxygen atoms in total. The summed E-state index contributed by atoms with van der Waals surface area (Å²) in [7, 11) is 0. The van der Waals surface area contributed by atoms with E-state index < -0.39 is 19.8 Å². The minimum atomic E-state index is -0.443. The summed E-state index contributed by atoms with van der Waals surface area (Å²) in [4.78, 5) is 0. The number of hydrogen-bond acceptors (Lipinski definition) is 1. The molecule has 2 aliphatic heterocycles. The van der Waals surface area contributed by atoms with Crippen molar-refractivity contribution in [3.05, 3.63) is 0 Å². The van der Waals surface area contributed by atoms with E-state index in [9.17, 15) is 0 Å². The molecule has 0 aliphatic carbocycles. The second-order valence-electron chi connectivity index (χ2n) is 4.21. The molecule has 0 amide bonds. The molecule has 0 aromatic heterocycles. The van der Waals surface area contributed by atoms with Crippen LogP contribution in [-0.4, -0.2) is 24.3 Å². The Kier molecular flexibility index (Phi) is 3.27. The molecule has 2 saturated heterocycles. The quantitative estimate of drug-likeness (QED) is 0.557. The maximum atomic E-state index is 2.56. The molecule has 0 saturated carbocycles. The molecule has 2 unspecified atom stereocenters. The van der Waals surface area contributed by atoms with E-state index in [0.717, 1.165) is 11.8 Å². The summed E-state index contributed by atoms with van der Waals surface area (Å²) in [6.45, 7) is 5.02. The van der Waals surface area contributed by atoms with Crippen LogP contribution in [0.5, 0.6) is 0 Å². The Hall–Kier alpha value is 1.08. The van der Waals surface area contributed by atoms with Crippen molar-refractivity contribution < 1.29 is 0 Å². The van der Waals surface area contributed by atoms with Gasteiger partial charge in [0.1, 0.15) is 0 Å². The van der Waals surface area contributed by atoms with E-state index in [4.69, 9.17) is 0 Å². The van der Waals surface area contributed by atoms with Crippen LogP contribution in [0.15, 0.2) is 0 Å². The molecule has 12 heavy (non-hydrogen) atoms. The average molecular weight is 298 g/mol. The summed E-state index contributed by atoms with van der Waals surface area (Å²) in [5.74, 6) is 5.21. The molecule has 0 N–H and O–H groups in total. The van der Waals surface area contributed by atoms with E-state index >= 15 is 0 Å². The van der Waals surface area contributed by atoms with Gasteiger partial charge in [-0.25, -0.2) is 0 Å². The summed E-state index contributed by atoms with van der Waals surface area (Å²) >= 11 is 1.72. The molecular formula is C10H19IS. The third-order valence-electron chi connectivity index (χ3n) is 3.11. The second kappa shape index (κ2) is 4.07. The van der Waals surface area contributed by atoms with E-state index in [1.165, 1.54) is 15.4 Å². The fourth-order valence-corrected chi connectivity index (χ4v) is 12.1. The Morgan fingerprint density at radius 2 is 2.17 bits per heavy atom. The first kappa shape index (κ1) is 9.63. The summed E-state index contributed by atoms with van der Waals surface area (Å²) in [6.07, 6.45) is 1.56. The first-order chi connectivity index (χ1) is 5.77. The van der Waals surface area contributed by atoms with Gasteiger partial charge in [-0.15, -0.1) is 0 Å². The van der Waals surface area contributed by atoms with Gasteiger partial charge in [-0.2, -0.15) is 0 Å². The van der Waals surface area contributed by atoms with Gasteiger partial charge in [0.2, 0.25) is 0 Å². The molecular weight excluding hydrogens is 279 g/mol. The fourth-order valence-electron chi connectivity index (χ4n) is 1.90. The monoisotopic (exact) mass is 298 g/mol. The molecule has 0 bridgehead atoms. The van der Waals surface area contributed by atoms with Crippen LogP contribution in [0.1, 0.15) is 20.3 Å². The van der Waals surface area contributed by atoms with E-state index in [1.54, 1.807) is 15.3 Å². The molecule has 0 aromatic rings. The van der Waals surface area contributed by atoms with Gasteiger partial charge < -0.3 is 0 Å². The van der Waals surface area contributed by atoms with Gasteiger partial charge in [0.05, 0.1) is 0 Å². The summed E-state index contributed by atoms with van der Waals surface area (Å²) < 4.78 is 4.53. The van der Waals surface area contributed by atoms with Crippen molar-refractivity contribution in [1.82, 2.24) is 0 Å². The van der Waals surface area contributed by atoms with Gasteiger partial charge in [0, 0.05) is 0 Å². The van der Waals surface area contributed by atoms with Gasteiger partial charge in [0.25, 0.3) is 0 Å². The molecule has 2 heterocycles. The number of alkyl halides is 3. The van der Waals surface area contributed by atoms with Crippen LogP contribution in [0, 0.1) is 11.8 Å². The summed E-state index contributed by atoms with van der Waals surface area (Å²) in [5, 5.41) is 0. The zero-order chi connectivity index (χ0) is 8.55. The number of rotatable bonds is 2. The molecule has 2 atom stereocenters. The van der Waals surface area contributed by atoms with E-state index in [0.29, 0.717) is 0 Å². The predicted molar refractivity (Wildman–Crippen MR) is 67.8 cm³/mol. The number of thioether (sulfide) groups is 1. The van der Waals surface area contributed by atoms with Crippen LogP contribution in [0.3, 0.4) is 0 Å². The Labute approximate surface area is 87.6 Å². The predicted octanol–water partition coefficient (Wildman–Crippen LogP) is 3.28. The molecule has 2 heteroatoms. The molecule has 2 rings (SSSR count). The topological polar surface area (TPSA) is 0 Å². The SMILES string of the molecule is CC1CCI(C(C)C2CSC2)C1. The van der Waals surface area contributed by atoms with Gasteiger partial charge >= 0.3 is 88.0 Å². The summed E-state index contributed by atoms with van der Waals surface area (Å²) in [5.41, 5.74) is 0. The molecule has 0 spiro atoms. The fraction of sp³-hybridized carbons (Fsp3) is 1.00. The standard InChI is InChI=1S/C10H19IS/c1-8-3-4-11(5-8)9(2)10-6-12-7-10/h8-10H,3-7H2,1-2H3. The Morgan fingerprint density at radius 3 is 2.58 bits per heavy atom. The molecule has 0 aromatic carbocycles. The van der Waals surface area contributed by atoms with Gasteiger partial charge in [-0.05, 0) is 0 Å². The maximum absolute atomic E-state index is 2.56. The van der Waals surface area contributed by atoms with E-state index in [2.05, 4.69) is 25.6 Å². The molecule has 72 valence electrons. The van der Waals surface area contributed by atoms with Crippen molar-refractivity contribution in [2.45, 2.75) is 24.2 Å². The van der Waals surface area contributed by atoms with Gasteiger partial charge in [-0.1, -0.05) is 0 Å². The third-order valence-corrected chi connectivity index (χ3v) is 12.9. The second-order valence-corrected chi connectivity index (χ2v) is 12.0. The van der Waals surface area contributed by atoms with Crippen LogP contribution >= 0.6 is 31.6 Å². The third kappa shape index (κ3) is 1.94. The van der Waals surface area contributed by atoms with E-state index in [-0.39, 0.29) is 0 Å². The Bertz CT molecular complexity index is 156. The van der Waals surface area contributed by atoms with Crippen LogP contribution in [-0.2, 0) is 0 Å². The molecule has 0 radical (unpaired) electrons. The Morgan fingerprint density at radius 1 is 1.42 bits per heavy atom. The first-order valence-electron chi connectivity index (χ1n) is 4.95. The zero-order valence-corrected chi connectivity index (χ0v) is 11.0. The molecule has 2 aliphatic rings. The zero-order valence-electron chi connectivity index (χ0n) is 8.05. The molecule has 2 fully saturated rings. The van der Waals surface area contributed by atoms with Crippen LogP contribution < -0.4 is 0 Å². The average Bonchev–Trinajstić information content (AvgIpc) is 2.31. The van der Waals surface area contributed by atoms with Crippen molar-refractivity contribution in [3.8, 4) is 0 Å². The number of hydrogen-bond donors (Lipinski definition) is 0. The van der Waals surface area contributed by atoms with Gasteiger partial charge in [-0.3, -0.25) is 0 Å². The van der Waals surface area contributed by atoms with E-state index in [1.807, 2.05) is 0 Å². The first-order valence-corrected chi connectivity index (χ1v) is 10.4. The van der Waals surface area contributed by atoms with Gasteiger partial charge in [0.15, 0.2) is 0 Å². The van der Waals surface area contributed by atoms with Crippen molar-refractivity contribution in [2.75, 3.05) is 20.4 Å². The van der Waals surface area contributed by atoms with Crippen LogP contribution in [0.4, 0.5) is 0 Å². The minimum absolute atomic E-state index is 0.443. The van der Waals surface area contributed by atoms with Crippen LogP contribution in [0.2, 0.25) is 0 Å². The van der Waals surface area contributed by atoms with Crippen molar-refractivity contribution >= 4 is 31.6 Å².